The molecular weight excluding hydrogens is 314 g/mol. The van der Waals surface area contributed by atoms with Gasteiger partial charge in [0.15, 0.2) is 0 Å². The number of likely N-dealkylation sites (tertiary alicyclic amines) is 1. The number of amides is 2. The lowest BCUT2D eigenvalue weighted by Gasteiger charge is -2.36. The summed E-state index contributed by atoms with van der Waals surface area (Å²) in [5.74, 6) is 0.562. The van der Waals surface area contributed by atoms with Gasteiger partial charge < -0.3 is 16.0 Å². The molecule has 1 unspecified atom stereocenters. The fourth-order valence-corrected chi connectivity index (χ4v) is 3.54. The number of nitrogens with two attached hydrogens (primary N) is 1. The van der Waals surface area contributed by atoms with Crippen molar-refractivity contribution in [3.63, 3.8) is 0 Å². The second kappa shape index (κ2) is 9.48. The monoisotopic (exact) mass is 345 g/mol. The molecule has 134 valence electrons. The average Bonchev–Trinajstić information content (AvgIpc) is 2.48. The molecule has 0 radical (unpaired) electrons. The molecule has 2 aliphatic rings. The lowest BCUT2D eigenvalue weighted by molar-refractivity contribution is -0.143. The van der Waals surface area contributed by atoms with Crippen LogP contribution in [0.4, 0.5) is 0 Å². The molecule has 0 spiro atoms. The van der Waals surface area contributed by atoms with E-state index in [-0.39, 0.29) is 42.3 Å². The summed E-state index contributed by atoms with van der Waals surface area (Å²) in [7, 11) is 0. The maximum absolute atomic E-state index is 12.7. The van der Waals surface area contributed by atoms with Crippen LogP contribution in [0.25, 0.3) is 0 Å². The van der Waals surface area contributed by atoms with Gasteiger partial charge in [0.1, 0.15) is 6.04 Å². The van der Waals surface area contributed by atoms with Crippen LogP contribution < -0.4 is 11.1 Å². The highest BCUT2D eigenvalue weighted by atomic mass is 35.5. The van der Waals surface area contributed by atoms with Crippen molar-refractivity contribution in [2.45, 2.75) is 83.3 Å². The Kier molecular flexibility index (Phi) is 8.34. The van der Waals surface area contributed by atoms with Gasteiger partial charge in [-0.15, -0.1) is 12.4 Å². The standard InChI is InChI=1S/C17H31N3O2.ClH/c1-12(2)11-15(20-10-4-3-5-16(20)21)17(22)19-14-8-6-13(18)7-9-14;/h12-15H,3-11,18H2,1-2H3,(H,19,22);1H. The molecule has 0 aromatic rings. The first-order valence-electron chi connectivity index (χ1n) is 8.82. The molecular formula is C17H32ClN3O2. The van der Waals surface area contributed by atoms with Crippen molar-refractivity contribution < 1.29 is 9.59 Å². The number of carbonyl (C=O) groups excluding carboxylic acids is 2. The van der Waals surface area contributed by atoms with E-state index in [2.05, 4.69) is 19.2 Å². The smallest absolute Gasteiger partial charge is 0.243 e. The predicted octanol–water partition coefficient (Wildman–Crippen LogP) is 2.22. The average molecular weight is 346 g/mol. The maximum atomic E-state index is 12.7. The number of piperidine rings is 1. The van der Waals surface area contributed by atoms with E-state index in [9.17, 15) is 9.59 Å². The molecule has 1 aliphatic heterocycles. The van der Waals surface area contributed by atoms with Crippen LogP contribution in [-0.4, -0.2) is 41.4 Å². The number of nitrogens with zero attached hydrogens (tertiary/aromatic N) is 1. The van der Waals surface area contributed by atoms with E-state index < -0.39 is 0 Å². The van der Waals surface area contributed by atoms with Gasteiger partial charge in [0.25, 0.3) is 0 Å². The number of hydrogen-bond acceptors (Lipinski definition) is 3. The molecule has 23 heavy (non-hydrogen) atoms. The van der Waals surface area contributed by atoms with E-state index in [1.54, 1.807) is 0 Å². The SMILES string of the molecule is CC(C)CC(C(=O)NC1CCC(N)CC1)N1CCCCC1=O.Cl. The summed E-state index contributed by atoms with van der Waals surface area (Å²) < 4.78 is 0. The maximum Gasteiger partial charge on any atom is 0.243 e. The third kappa shape index (κ3) is 5.96. The van der Waals surface area contributed by atoms with Crippen molar-refractivity contribution in [1.82, 2.24) is 10.2 Å². The Morgan fingerprint density at radius 2 is 1.91 bits per heavy atom. The highest BCUT2D eigenvalue weighted by Gasteiger charge is 2.33. The van der Waals surface area contributed by atoms with Crippen molar-refractivity contribution in [2.75, 3.05) is 6.54 Å². The van der Waals surface area contributed by atoms with Crippen molar-refractivity contribution in [3.05, 3.63) is 0 Å². The molecule has 1 atom stereocenters. The minimum absolute atomic E-state index is 0. The molecule has 1 heterocycles. The van der Waals surface area contributed by atoms with Crippen molar-refractivity contribution in [1.29, 1.82) is 0 Å². The fraction of sp³-hybridized carbons (Fsp3) is 0.882. The lowest BCUT2D eigenvalue weighted by atomic mass is 9.91. The molecule has 0 aromatic carbocycles. The molecule has 2 rings (SSSR count). The van der Waals surface area contributed by atoms with E-state index in [4.69, 9.17) is 5.73 Å². The largest absolute Gasteiger partial charge is 0.352 e. The van der Waals surface area contributed by atoms with Crippen LogP contribution in [0.2, 0.25) is 0 Å². The molecule has 2 fully saturated rings. The Hall–Kier alpha value is -0.810. The molecule has 0 aromatic heterocycles. The first kappa shape index (κ1) is 20.2. The zero-order chi connectivity index (χ0) is 16.1. The number of rotatable bonds is 5. The van der Waals surface area contributed by atoms with Gasteiger partial charge in [-0.2, -0.15) is 0 Å². The fourth-order valence-electron chi connectivity index (χ4n) is 3.54. The van der Waals surface area contributed by atoms with Gasteiger partial charge in [-0.3, -0.25) is 9.59 Å². The van der Waals surface area contributed by atoms with E-state index in [1.807, 2.05) is 4.90 Å². The summed E-state index contributed by atoms with van der Waals surface area (Å²) in [6.07, 6.45) is 7.14. The van der Waals surface area contributed by atoms with Crippen LogP contribution in [0.1, 0.15) is 65.2 Å². The molecule has 1 aliphatic carbocycles. The van der Waals surface area contributed by atoms with Crippen LogP contribution >= 0.6 is 12.4 Å². The van der Waals surface area contributed by atoms with E-state index >= 15 is 0 Å². The van der Waals surface area contributed by atoms with Crippen LogP contribution in [0.3, 0.4) is 0 Å². The lowest BCUT2D eigenvalue weighted by Crippen LogP contribution is -2.54. The third-order valence-corrected chi connectivity index (χ3v) is 4.85. The highest BCUT2D eigenvalue weighted by Crippen LogP contribution is 2.21. The van der Waals surface area contributed by atoms with Gasteiger partial charge in [-0.05, 0) is 50.9 Å². The number of halogens is 1. The number of carbonyl (C=O) groups is 2. The van der Waals surface area contributed by atoms with Gasteiger partial charge in [0.05, 0.1) is 0 Å². The van der Waals surface area contributed by atoms with Crippen LogP contribution in [0.15, 0.2) is 0 Å². The highest BCUT2D eigenvalue weighted by molar-refractivity contribution is 5.88. The third-order valence-electron chi connectivity index (χ3n) is 4.85. The first-order valence-corrected chi connectivity index (χ1v) is 8.82. The molecule has 3 N–H and O–H groups in total. The normalized spacial score (nSPS) is 26.6. The Balaban J connectivity index is 0.00000264. The van der Waals surface area contributed by atoms with Crippen LogP contribution in [-0.2, 0) is 9.59 Å². The van der Waals surface area contributed by atoms with Gasteiger partial charge >= 0.3 is 0 Å². The zero-order valence-electron chi connectivity index (χ0n) is 14.4. The molecule has 1 saturated carbocycles. The minimum Gasteiger partial charge on any atom is -0.352 e. The molecule has 1 saturated heterocycles. The van der Waals surface area contributed by atoms with Crippen LogP contribution in [0.5, 0.6) is 0 Å². The molecule has 0 bridgehead atoms. The van der Waals surface area contributed by atoms with Crippen molar-refractivity contribution >= 4 is 24.2 Å². The van der Waals surface area contributed by atoms with Crippen molar-refractivity contribution in [2.24, 2.45) is 11.7 Å². The quantitative estimate of drug-likeness (QED) is 0.802. The molecule has 6 heteroatoms. The molecule has 5 nitrogen and oxygen atoms in total. The molecule has 2 amide bonds. The first-order chi connectivity index (χ1) is 10.5. The topological polar surface area (TPSA) is 75.4 Å². The van der Waals surface area contributed by atoms with Crippen molar-refractivity contribution in [3.8, 4) is 0 Å². The van der Waals surface area contributed by atoms with Gasteiger partial charge in [0, 0.05) is 25.0 Å². The van der Waals surface area contributed by atoms with Gasteiger partial charge in [-0.1, -0.05) is 13.8 Å². The summed E-state index contributed by atoms with van der Waals surface area (Å²) >= 11 is 0. The van der Waals surface area contributed by atoms with Gasteiger partial charge in [-0.25, -0.2) is 0 Å². The summed E-state index contributed by atoms with van der Waals surface area (Å²) in [5, 5.41) is 3.17. The van der Waals surface area contributed by atoms with Gasteiger partial charge in [0.2, 0.25) is 11.8 Å². The second-order valence-corrected chi connectivity index (χ2v) is 7.31. The Morgan fingerprint density at radius 1 is 1.26 bits per heavy atom. The Bertz CT molecular complexity index is 395. The van der Waals surface area contributed by atoms with E-state index in [0.29, 0.717) is 12.3 Å². The number of nitrogens with one attached hydrogen (secondary N) is 1. The summed E-state index contributed by atoms with van der Waals surface area (Å²) in [4.78, 5) is 26.7. The summed E-state index contributed by atoms with van der Waals surface area (Å²) in [6.45, 7) is 4.93. The van der Waals surface area contributed by atoms with Crippen LogP contribution in [0, 0.1) is 5.92 Å². The number of hydrogen-bond donors (Lipinski definition) is 2. The predicted molar refractivity (Wildman–Crippen MR) is 94.4 cm³/mol. The zero-order valence-corrected chi connectivity index (χ0v) is 15.2. The Morgan fingerprint density at radius 3 is 2.48 bits per heavy atom. The Labute approximate surface area is 146 Å². The second-order valence-electron chi connectivity index (χ2n) is 7.31. The van der Waals surface area contributed by atoms with E-state index in [1.165, 1.54) is 0 Å². The van der Waals surface area contributed by atoms with E-state index in [0.717, 1.165) is 51.5 Å². The summed E-state index contributed by atoms with van der Waals surface area (Å²) in [6, 6.07) is 0.202. The minimum atomic E-state index is -0.302. The summed E-state index contributed by atoms with van der Waals surface area (Å²) in [5.41, 5.74) is 5.92.